The first-order valence-electron chi connectivity index (χ1n) is 10.2. The summed E-state index contributed by atoms with van der Waals surface area (Å²) in [5, 5.41) is 5.45. The Balaban J connectivity index is 1.86. The first-order chi connectivity index (χ1) is 15.3. The molecule has 0 radical (unpaired) electrons. The molecule has 0 aliphatic rings. The number of methoxy groups -OCH3 is 1. The number of para-hydroxylation sites is 1. The van der Waals surface area contributed by atoms with Gasteiger partial charge in [-0.3, -0.25) is 9.59 Å². The molecule has 0 aliphatic heterocycles. The van der Waals surface area contributed by atoms with Gasteiger partial charge in [0, 0.05) is 6.54 Å². The number of carbonyl (C=O) groups is 2. The number of alkyl halides is 2. The maximum Gasteiger partial charge on any atom is 0.387 e. The summed E-state index contributed by atoms with van der Waals surface area (Å²) in [5.74, 6) is -0.224. The third-order valence-corrected chi connectivity index (χ3v) is 4.54. The molecule has 1 atom stereocenters. The van der Waals surface area contributed by atoms with Gasteiger partial charge in [0.25, 0.3) is 5.91 Å². The number of carbonyl (C=O) groups excluding carboxylic acids is 2. The lowest BCUT2D eigenvalue weighted by Crippen LogP contribution is -2.51. The zero-order valence-corrected chi connectivity index (χ0v) is 18.3. The van der Waals surface area contributed by atoms with E-state index in [4.69, 9.17) is 9.47 Å². The molecular formula is C23H28F2N2O5. The molecule has 0 saturated carbocycles. The molecule has 0 bridgehead atoms. The molecule has 174 valence electrons. The maximum atomic E-state index is 12.6. The lowest BCUT2D eigenvalue weighted by atomic mass is 10.0. The Bertz CT molecular complexity index is 878. The molecule has 1 unspecified atom stereocenters. The summed E-state index contributed by atoms with van der Waals surface area (Å²) >= 11 is 0. The van der Waals surface area contributed by atoms with Crippen LogP contribution in [0.3, 0.4) is 0 Å². The fourth-order valence-corrected chi connectivity index (χ4v) is 2.92. The van der Waals surface area contributed by atoms with Crippen LogP contribution in [-0.4, -0.2) is 44.7 Å². The number of rotatable bonds is 12. The molecule has 9 heteroatoms. The molecular weight excluding hydrogens is 422 g/mol. The van der Waals surface area contributed by atoms with E-state index in [1.165, 1.54) is 19.2 Å². The summed E-state index contributed by atoms with van der Waals surface area (Å²) in [6.07, 6.45) is 0.380. The molecule has 2 aromatic rings. The van der Waals surface area contributed by atoms with Crippen LogP contribution in [0.25, 0.3) is 0 Å². The zero-order chi connectivity index (χ0) is 23.5. The highest BCUT2D eigenvalue weighted by Crippen LogP contribution is 2.29. The molecule has 0 heterocycles. The minimum absolute atomic E-state index is 0.0722. The van der Waals surface area contributed by atoms with E-state index in [2.05, 4.69) is 15.4 Å². The molecule has 2 aromatic carbocycles. The first-order valence-corrected chi connectivity index (χ1v) is 10.2. The van der Waals surface area contributed by atoms with Crippen LogP contribution in [0.5, 0.6) is 17.2 Å². The molecule has 7 nitrogen and oxygen atoms in total. The van der Waals surface area contributed by atoms with Gasteiger partial charge in [0.15, 0.2) is 18.1 Å². The van der Waals surface area contributed by atoms with Crippen molar-refractivity contribution in [1.29, 1.82) is 0 Å². The second-order valence-electron chi connectivity index (χ2n) is 7.30. The Labute approximate surface area is 186 Å². The van der Waals surface area contributed by atoms with Crippen molar-refractivity contribution in [3.05, 3.63) is 54.1 Å². The van der Waals surface area contributed by atoms with E-state index in [9.17, 15) is 18.4 Å². The van der Waals surface area contributed by atoms with Crippen molar-refractivity contribution < 1.29 is 32.6 Å². The van der Waals surface area contributed by atoms with E-state index in [0.717, 1.165) is 0 Å². The lowest BCUT2D eigenvalue weighted by molar-refractivity contribution is -0.131. The van der Waals surface area contributed by atoms with Gasteiger partial charge in [-0.1, -0.05) is 38.1 Å². The highest BCUT2D eigenvalue weighted by molar-refractivity contribution is 5.88. The first kappa shape index (κ1) is 24.9. The molecule has 2 N–H and O–H groups in total. The summed E-state index contributed by atoms with van der Waals surface area (Å²) in [6.45, 7) is 0.707. The van der Waals surface area contributed by atoms with Crippen LogP contribution in [-0.2, 0) is 16.0 Å². The smallest absolute Gasteiger partial charge is 0.387 e. The van der Waals surface area contributed by atoms with Crippen molar-refractivity contribution in [2.45, 2.75) is 32.9 Å². The molecule has 0 spiro atoms. The van der Waals surface area contributed by atoms with Crippen LogP contribution in [0.15, 0.2) is 48.5 Å². The number of amides is 2. The quantitative estimate of drug-likeness (QED) is 0.519. The summed E-state index contributed by atoms with van der Waals surface area (Å²) in [4.78, 5) is 24.8. The second-order valence-corrected chi connectivity index (χ2v) is 7.30. The van der Waals surface area contributed by atoms with E-state index >= 15 is 0 Å². The average molecular weight is 450 g/mol. The van der Waals surface area contributed by atoms with Crippen molar-refractivity contribution in [2.24, 2.45) is 5.92 Å². The van der Waals surface area contributed by atoms with Crippen LogP contribution in [0.2, 0.25) is 0 Å². The number of benzene rings is 2. The third-order valence-electron chi connectivity index (χ3n) is 4.54. The number of hydrogen-bond donors (Lipinski definition) is 2. The van der Waals surface area contributed by atoms with Crippen molar-refractivity contribution >= 4 is 11.8 Å². The fraction of sp³-hybridized carbons (Fsp3) is 0.391. The molecule has 0 fully saturated rings. The van der Waals surface area contributed by atoms with E-state index in [-0.39, 0.29) is 36.5 Å². The molecule has 0 aromatic heterocycles. The number of ether oxygens (including phenoxy) is 3. The van der Waals surface area contributed by atoms with E-state index in [0.29, 0.717) is 17.7 Å². The fourth-order valence-electron chi connectivity index (χ4n) is 2.92. The van der Waals surface area contributed by atoms with E-state index in [1.807, 2.05) is 19.9 Å². The van der Waals surface area contributed by atoms with Crippen molar-refractivity contribution in [3.63, 3.8) is 0 Å². The van der Waals surface area contributed by atoms with Gasteiger partial charge < -0.3 is 24.8 Å². The van der Waals surface area contributed by atoms with E-state index < -0.39 is 18.6 Å². The van der Waals surface area contributed by atoms with Crippen LogP contribution in [0.4, 0.5) is 8.78 Å². The Hall–Kier alpha value is -3.36. The molecule has 2 rings (SSSR count). The Morgan fingerprint density at radius 2 is 1.75 bits per heavy atom. The minimum atomic E-state index is -2.97. The standard InChI is InChI=1S/C23H28F2N2O5/c1-15(2)21(27-20(28)14-31-17-7-5-4-6-8-17)22(29)26-12-11-16-9-10-18(30-3)19(13-16)32-23(24)25/h4-10,13,15,21,23H,11-12,14H2,1-3H3,(H,26,29)(H,27,28). The SMILES string of the molecule is COc1ccc(CCNC(=O)C(NC(=O)COc2ccccc2)C(C)C)cc1OC(F)F. The van der Waals surface area contributed by atoms with Crippen LogP contribution < -0.4 is 24.8 Å². The monoisotopic (exact) mass is 450 g/mol. The van der Waals surface area contributed by atoms with Crippen LogP contribution in [0, 0.1) is 5.92 Å². The van der Waals surface area contributed by atoms with Gasteiger partial charge in [0.05, 0.1) is 7.11 Å². The Morgan fingerprint density at radius 1 is 1.03 bits per heavy atom. The predicted octanol–water partition coefficient (Wildman–Crippen LogP) is 3.18. The number of halogens is 2. The van der Waals surface area contributed by atoms with Crippen LogP contribution in [0.1, 0.15) is 19.4 Å². The highest BCUT2D eigenvalue weighted by Gasteiger charge is 2.24. The third kappa shape index (κ3) is 8.05. The van der Waals surface area contributed by atoms with Crippen molar-refractivity contribution in [3.8, 4) is 17.2 Å². The molecule has 2 amide bonds. The topological polar surface area (TPSA) is 85.9 Å². The van der Waals surface area contributed by atoms with Gasteiger partial charge in [-0.05, 0) is 42.2 Å². The van der Waals surface area contributed by atoms with Crippen molar-refractivity contribution in [2.75, 3.05) is 20.3 Å². The van der Waals surface area contributed by atoms with Crippen LogP contribution >= 0.6 is 0 Å². The zero-order valence-electron chi connectivity index (χ0n) is 18.3. The second kappa shape index (κ2) is 12.5. The van der Waals surface area contributed by atoms with E-state index in [1.54, 1.807) is 30.3 Å². The largest absolute Gasteiger partial charge is 0.493 e. The molecule has 0 aliphatic carbocycles. The molecule has 0 saturated heterocycles. The summed E-state index contributed by atoms with van der Waals surface area (Å²) in [5.41, 5.74) is 0.683. The summed E-state index contributed by atoms with van der Waals surface area (Å²) in [7, 11) is 1.36. The maximum absolute atomic E-state index is 12.6. The van der Waals surface area contributed by atoms with Gasteiger partial charge in [-0.25, -0.2) is 0 Å². The van der Waals surface area contributed by atoms with Gasteiger partial charge in [0.1, 0.15) is 11.8 Å². The van der Waals surface area contributed by atoms with Gasteiger partial charge in [-0.2, -0.15) is 8.78 Å². The summed E-state index contributed by atoms with van der Waals surface area (Å²) in [6, 6.07) is 12.8. The predicted molar refractivity (Wildman–Crippen MR) is 115 cm³/mol. The Kier molecular flexibility index (Phi) is 9.72. The minimum Gasteiger partial charge on any atom is -0.493 e. The average Bonchev–Trinajstić information content (AvgIpc) is 2.76. The van der Waals surface area contributed by atoms with Gasteiger partial charge in [-0.15, -0.1) is 0 Å². The summed E-state index contributed by atoms with van der Waals surface area (Å²) < 4.78 is 40.0. The lowest BCUT2D eigenvalue weighted by Gasteiger charge is -2.22. The molecule has 32 heavy (non-hydrogen) atoms. The number of nitrogens with one attached hydrogen (secondary N) is 2. The normalized spacial score (nSPS) is 11.7. The van der Waals surface area contributed by atoms with Gasteiger partial charge >= 0.3 is 6.61 Å². The Morgan fingerprint density at radius 3 is 2.38 bits per heavy atom. The highest BCUT2D eigenvalue weighted by atomic mass is 19.3. The van der Waals surface area contributed by atoms with Crippen molar-refractivity contribution in [1.82, 2.24) is 10.6 Å². The van der Waals surface area contributed by atoms with Gasteiger partial charge in [0.2, 0.25) is 5.91 Å². The number of hydrogen-bond acceptors (Lipinski definition) is 5.